The van der Waals surface area contributed by atoms with Crippen molar-refractivity contribution in [3.63, 3.8) is 0 Å². The fourth-order valence-corrected chi connectivity index (χ4v) is 0. The number of nitrogens with one attached hydrogen (secondary N) is 1. The Kier molecular flexibility index (Phi) is 31.1. The summed E-state index contributed by atoms with van der Waals surface area (Å²) in [6, 6.07) is 0. The van der Waals surface area contributed by atoms with E-state index in [0.717, 1.165) is 6.92 Å². The molecule has 0 aromatic heterocycles. The lowest BCUT2D eigenvalue weighted by molar-refractivity contribution is -0.134. The highest BCUT2D eigenvalue weighted by molar-refractivity contribution is 5.85. The SMILES string of the molecule is CC(=O)O.CNN.Cl. The van der Waals surface area contributed by atoms with Crippen LogP contribution in [0.2, 0.25) is 0 Å². The molecule has 0 aromatic rings. The molecule has 0 spiro atoms. The molecular formula is C3H11ClN2O2. The first-order chi connectivity index (χ1) is 3.15. The van der Waals surface area contributed by atoms with Gasteiger partial charge in [-0.25, -0.2) is 0 Å². The van der Waals surface area contributed by atoms with Crippen molar-refractivity contribution in [3.8, 4) is 0 Å². The maximum atomic E-state index is 9.00. The van der Waals surface area contributed by atoms with Crippen molar-refractivity contribution in [3.05, 3.63) is 0 Å². The Labute approximate surface area is 54.4 Å². The largest absolute Gasteiger partial charge is 0.481 e. The van der Waals surface area contributed by atoms with Gasteiger partial charge in [-0.05, 0) is 7.05 Å². The Bertz CT molecular complexity index is 46.5. The van der Waals surface area contributed by atoms with Gasteiger partial charge in [0.15, 0.2) is 0 Å². The lowest BCUT2D eigenvalue weighted by Crippen LogP contribution is -2.13. The second kappa shape index (κ2) is 15.9. The average Bonchev–Trinajstić information content (AvgIpc) is 1.33. The zero-order valence-corrected chi connectivity index (χ0v) is 5.66. The van der Waals surface area contributed by atoms with Gasteiger partial charge in [-0.3, -0.25) is 16.1 Å². The summed E-state index contributed by atoms with van der Waals surface area (Å²) in [6.45, 7) is 1.08. The van der Waals surface area contributed by atoms with Crippen LogP contribution in [-0.2, 0) is 4.79 Å². The quantitative estimate of drug-likeness (QED) is 0.318. The predicted octanol–water partition coefficient (Wildman–Crippen LogP) is -0.408. The standard InChI is InChI=1S/C2H4O2.CH6N2.ClH/c1-2(3)4;1-3-2;/h1H3,(H,3,4);3H,2H2,1H3;1H. The van der Waals surface area contributed by atoms with Gasteiger partial charge in [-0.1, -0.05) is 0 Å². The van der Waals surface area contributed by atoms with Crippen LogP contribution >= 0.6 is 12.4 Å². The molecule has 0 bridgehead atoms. The number of halogens is 1. The molecule has 4 N–H and O–H groups in total. The summed E-state index contributed by atoms with van der Waals surface area (Å²) in [7, 11) is 1.65. The Hall–Kier alpha value is -0.320. The molecule has 5 heteroatoms. The van der Waals surface area contributed by atoms with E-state index in [1.807, 2.05) is 0 Å². The number of rotatable bonds is 0. The summed E-state index contributed by atoms with van der Waals surface area (Å²) in [5.74, 6) is 3.76. The molecule has 0 heterocycles. The van der Waals surface area contributed by atoms with Gasteiger partial charge < -0.3 is 5.11 Å². The summed E-state index contributed by atoms with van der Waals surface area (Å²) in [5, 5.41) is 7.42. The molecule has 4 nitrogen and oxygen atoms in total. The Balaban J connectivity index is -0.0000000575. The minimum absolute atomic E-state index is 0. The van der Waals surface area contributed by atoms with E-state index in [1.54, 1.807) is 7.05 Å². The van der Waals surface area contributed by atoms with Crippen molar-refractivity contribution in [1.82, 2.24) is 5.43 Å². The van der Waals surface area contributed by atoms with Crippen molar-refractivity contribution in [2.24, 2.45) is 5.84 Å². The highest BCUT2D eigenvalue weighted by atomic mass is 35.5. The van der Waals surface area contributed by atoms with Gasteiger partial charge in [0.25, 0.3) is 5.97 Å². The van der Waals surface area contributed by atoms with Crippen molar-refractivity contribution in [1.29, 1.82) is 0 Å². The highest BCUT2D eigenvalue weighted by Crippen LogP contribution is 1.42. The number of hydrogen-bond donors (Lipinski definition) is 3. The average molecular weight is 143 g/mol. The fraction of sp³-hybridized carbons (Fsp3) is 0.667. The molecule has 0 saturated heterocycles. The highest BCUT2D eigenvalue weighted by Gasteiger charge is 1.65. The van der Waals surface area contributed by atoms with Crippen molar-refractivity contribution in [2.75, 3.05) is 7.05 Å². The van der Waals surface area contributed by atoms with Crippen molar-refractivity contribution in [2.45, 2.75) is 6.92 Å². The molecule has 8 heavy (non-hydrogen) atoms. The minimum Gasteiger partial charge on any atom is -0.481 e. The number of hydrogen-bond acceptors (Lipinski definition) is 3. The molecular weight excluding hydrogens is 131 g/mol. The monoisotopic (exact) mass is 142 g/mol. The molecule has 0 unspecified atom stereocenters. The van der Waals surface area contributed by atoms with Gasteiger partial charge in [0.05, 0.1) is 0 Å². The fourth-order valence-electron chi connectivity index (χ4n) is 0. The Morgan fingerprint density at radius 1 is 1.75 bits per heavy atom. The van der Waals surface area contributed by atoms with Crippen LogP contribution in [-0.4, -0.2) is 18.1 Å². The zero-order chi connectivity index (χ0) is 6.28. The van der Waals surface area contributed by atoms with Crippen LogP contribution in [0.4, 0.5) is 0 Å². The second-order valence-corrected chi connectivity index (χ2v) is 0.808. The third kappa shape index (κ3) is 1210. The molecule has 0 aliphatic heterocycles. The first-order valence-electron chi connectivity index (χ1n) is 1.72. The maximum Gasteiger partial charge on any atom is 0.300 e. The van der Waals surface area contributed by atoms with Crippen LogP contribution in [0.5, 0.6) is 0 Å². The van der Waals surface area contributed by atoms with Crippen LogP contribution in [0.25, 0.3) is 0 Å². The second-order valence-electron chi connectivity index (χ2n) is 0.808. The summed E-state index contributed by atoms with van der Waals surface area (Å²) in [4.78, 5) is 9.00. The van der Waals surface area contributed by atoms with Gasteiger partial charge in [0.2, 0.25) is 0 Å². The molecule has 52 valence electrons. The first-order valence-corrected chi connectivity index (χ1v) is 1.72. The summed E-state index contributed by atoms with van der Waals surface area (Å²) >= 11 is 0. The molecule has 0 atom stereocenters. The number of nitrogens with two attached hydrogens (primary N) is 1. The van der Waals surface area contributed by atoms with E-state index in [4.69, 9.17) is 9.90 Å². The maximum absolute atomic E-state index is 9.00. The lowest BCUT2D eigenvalue weighted by atomic mass is 10.9. The number of hydrazine groups is 1. The molecule has 0 radical (unpaired) electrons. The topological polar surface area (TPSA) is 75.3 Å². The Morgan fingerprint density at radius 2 is 1.75 bits per heavy atom. The normalized spacial score (nSPS) is 5.38. The molecule has 0 amide bonds. The first kappa shape index (κ1) is 15.6. The lowest BCUT2D eigenvalue weighted by Gasteiger charge is -1.62. The van der Waals surface area contributed by atoms with E-state index >= 15 is 0 Å². The van der Waals surface area contributed by atoms with E-state index in [2.05, 4.69) is 11.3 Å². The zero-order valence-electron chi connectivity index (χ0n) is 4.84. The third-order valence-corrected chi connectivity index (χ3v) is 0. The summed E-state index contributed by atoms with van der Waals surface area (Å²) < 4.78 is 0. The molecule has 0 aromatic carbocycles. The van der Waals surface area contributed by atoms with Gasteiger partial charge in [0, 0.05) is 6.92 Å². The molecule has 0 aliphatic rings. The van der Waals surface area contributed by atoms with E-state index in [-0.39, 0.29) is 12.4 Å². The predicted molar refractivity (Wildman–Crippen MR) is 33.8 cm³/mol. The van der Waals surface area contributed by atoms with Crippen LogP contribution in [0, 0.1) is 0 Å². The number of carbonyl (C=O) groups is 1. The van der Waals surface area contributed by atoms with Crippen LogP contribution in [0.1, 0.15) is 6.92 Å². The van der Waals surface area contributed by atoms with Gasteiger partial charge >= 0.3 is 0 Å². The van der Waals surface area contributed by atoms with Gasteiger partial charge in [-0.2, -0.15) is 0 Å². The molecule has 0 saturated carbocycles. The van der Waals surface area contributed by atoms with Crippen LogP contribution in [0.3, 0.4) is 0 Å². The summed E-state index contributed by atoms with van der Waals surface area (Å²) in [5.41, 5.74) is 2.25. The number of carboxylic acid groups (broad SMARTS) is 1. The van der Waals surface area contributed by atoms with Crippen LogP contribution in [0.15, 0.2) is 0 Å². The van der Waals surface area contributed by atoms with E-state index in [9.17, 15) is 0 Å². The van der Waals surface area contributed by atoms with Gasteiger partial charge in [0.1, 0.15) is 0 Å². The molecule has 0 rings (SSSR count). The summed E-state index contributed by atoms with van der Waals surface area (Å²) in [6.07, 6.45) is 0. The van der Waals surface area contributed by atoms with E-state index in [1.165, 1.54) is 0 Å². The molecule has 0 fully saturated rings. The van der Waals surface area contributed by atoms with Crippen molar-refractivity contribution < 1.29 is 9.90 Å². The number of carboxylic acids is 1. The smallest absolute Gasteiger partial charge is 0.300 e. The van der Waals surface area contributed by atoms with E-state index in [0.29, 0.717) is 0 Å². The van der Waals surface area contributed by atoms with Gasteiger partial charge in [-0.15, -0.1) is 12.4 Å². The molecule has 0 aliphatic carbocycles. The third-order valence-electron chi connectivity index (χ3n) is 0. The minimum atomic E-state index is -0.833. The number of aliphatic carboxylic acids is 1. The Morgan fingerprint density at radius 3 is 1.75 bits per heavy atom. The van der Waals surface area contributed by atoms with E-state index < -0.39 is 5.97 Å². The van der Waals surface area contributed by atoms with Crippen LogP contribution < -0.4 is 11.3 Å². The van der Waals surface area contributed by atoms with Crippen molar-refractivity contribution >= 4 is 18.4 Å².